The lowest BCUT2D eigenvalue weighted by molar-refractivity contribution is 0.138. The van der Waals surface area contributed by atoms with Crippen LogP contribution in [0, 0.1) is 12.8 Å². The van der Waals surface area contributed by atoms with Crippen molar-refractivity contribution in [1.82, 2.24) is 20.2 Å². The lowest BCUT2D eigenvalue weighted by Crippen LogP contribution is -2.21. The predicted molar refractivity (Wildman–Crippen MR) is 89.6 cm³/mol. The van der Waals surface area contributed by atoms with E-state index in [1.807, 2.05) is 38.1 Å². The number of nitrogens with one attached hydrogen (secondary N) is 2. The van der Waals surface area contributed by atoms with Gasteiger partial charge in [-0.1, -0.05) is 0 Å². The van der Waals surface area contributed by atoms with E-state index in [1.54, 1.807) is 6.20 Å². The minimum absolute atomic E-state index is 0.210. The molecule has 0 aromatic carbocycles. The number of rotatable bonds is 5. The van der Waals surface area contributed by atoms with Crippen LogP contribution in [0.1, 0.15) is 30.3 Å². The summed E-state index contributed by atoms with van der Waals surface area (Å²) in [5.74, 6) is 2.00. The van der Waals surface area contributed by atoms with Gasteiger partial charge in [0.25, 0.3) is 0 Å². The van der Waals surface area contributed by atoms with Crippen molar-refractivity contribution in [3.05, 3.63) is 29.8 Å². The van der Waals surface area contributed by atoms with Crippen LogP contribution in [0.15, 0.2) is 18.3 Å². The molecule has 0 aliphatic heterocycles. The Morgan fingerprint density at radius 3 is 2.91 bits per heavy atom. The van der Waals surface area contributed by atoms with Crippen molar-refractivity contribution in [2.75, 3.05) is 30.9 Å². The Kier molecular flexibility index (Phi) is 4.47. The van der Waals surface area contributed by atoms with Gasteiger partial charge in [-0.2, -0.15) is 4.98 Å². The molecule has 0 spiro atoms. The summed E-state index contributed by atoms with van der Waals surface area (Å²) in [6, 6.07) is 3.96. The van der Waals surface area contributed by atoms with Crippen molar-refractivity contribution in [2.24, 2.45) is 5.92 Å². The number of anilines is 2. The summed E-state index contributed by atoms with van der Waals surface area (Å²) in [5, 5.41) is 21.0. The van der Waals surface area contributed by atoms with E-state index in [2.05, 4.69) is 25.5 Å². The second kappa shape index (κ2) is 6.54. The number of aromatic nitrogens is 4. The SMILES string of the molecule is Cc1cc(NC[C@H]2C[C@H](c3nc(N(C)C)n[nH]3)C[C@H]2O)ccn1. The van der Waals surface area contributed by atoms with E-state index >= 15 is 0 Å². The monoisotopic (exact) mass is 316 g/mol. The molecule has 2 aromatic heterocycles. The lowest BCUT2D eigenvalue weighted by atomic mass is 10.0. The first-order valence-electron chi connectivity index (χ1n) is 7.97. The number of aliphatic hydroxyl groups excluding tert-OH is 1. The highest BCUT2D eigenvalue weighted by Crippen LogP contribution is 2.37. The third-order valence-electron chi connectivity index (χ3n) is 4.40. The first-order chi connectivity index (χ1) is 11.0. The molecular formula is C16H24N6O. The van der Waals surface area contributed by atoms with Gasteiger partial charge in [-0.25, -0.2) is 0 Å². The maximum Gasteiger partial charge on any atom is 0.244 e. The van der Waals surface area contributed by atoms with E-state index in [4.69, 9.17) is 0 Å². The van der Waals surface area contributed by atoms with Gasteiger partial charge in [0.05, 0.1) is 6.10 Å². The van der Waals surface area contributed by atoms with Gasteiger partial charge in [0, 0.05) is 50.1 Å². The van der Waals surface area contributed by atoms with Crippen LogP contribution >= 0.6 is 0 Å². The number of hydrogen-bond donors (Lipinski definition) is 3. The van der Waals surface area contributed by atoms with Gasteiger partial charge in [-0.15, -0.1) is 5.10 Å². The van der Waals surface area contributed by atoms with Gasteiger partial charge in [-0.05, 0) is 31.9 Å². The van der Waals surface area contributed by atoms with Gasteiger partial charge in [0.1, 0.15) is 5.82 Å². The zero-order valence-corrected chi connectivity index (χ0v) is 13.8. The second-order valence-electron chi connectivity index (χ2n) is 6.48. The van der Waals surface area contributed by atoms with Crippen LogP contribution in [-0.4, -0.2) is 52.0 Å². The third-order valence-corrected chi connectivity index (χ3v) is 4.40. The molecule has 7 nitrogen and oxygen atoms in total. The molecule has 1 aliphatic carbocycles. The molecular weight excluding hydrogens is 292 g/mol. The Morgan fingerprint density at radius 1 is 1.39 bits per heavy atom. The largest absolute Gasteiger partial charge is 0.393 e. The predicted octanol–water partition coefficient (Wildman–Crippen LogP) is 1.54. The Hall–Kier alpha value is -2.15. The van der Waals surface area contributed by atoms with Crippen molar-refractivity contribution >= 4 is 11.6 Å². The fourth-order valence-electron chi connectivity index (χ4n) is 3.10. The third kappa shape index (κ3) is 3.61. The van der Waals surface area contributed by atoms with Crippen LogP contribution in [0.4, 0.5) is 11.6 Å². The molecule has 2 heterocycles. The minimum Gasteiger partial charge on any atom is -0.393 e. The number of aromatic amines is 1. The molecule has 3 N–H and O–H groups in total. The number of hydrogen-bond acceptors (Lipinski definition) is 6. The topological polar surface area (TPSA) is 90.0 Å². The first kappa shape index (κ1) is 15.7. The zero-order valence-electron chi connectivity index (χ0n) is 13.8. The minimum atomic E-state index is -0.316. The van der Waals surface area contributed by atoms with Gasteiger partial charge in [-0.3, -0.25) is 10.1 Å². The van der Waals surface area contributed by atoms with E-state index in [9.17, 15) is 5.11 Å². The summed E-state index contributed by atoms with van der Waals surface area (Å²) in [4.78, 5) is 10.6. The maximum absolute atomic E-state index is 10.3. The van der Waals surface area contributed by atoms with Crippen molar-refractivity contribution in [2.45, 2.75) is 31.8 Å². The summed E-state index contributed by atoms with van der Waals surface area (Å²) in [6.07, 6.45) is 3.11. The van der Waals surface area contributed by atoms with Gasteiger partial charge in [0.2, 0.25) is 5.95 Å². The van der Waals surface area contributed by atoms with Gasteiger partial charge < -0.3 is 15.3 Å². The molecule has 23 heavy (non-hydrogen) atoms. The summed E-state index contributed by atoms with van der Waals surface area (Å²) in [7, 11) is 3.83. The van der Waals surface area contributed by atoms with Gasteiger partial charge >= 0.3 is 0 Å². The Morgan fingerprint density at radius 2 is 2.22 bits per heavy atom. The standard InChI is InChI=1S/C16H24N6O/c1-10-6-13(4-5-17-10)18-9-12-7-11(8-14(12)23)15-19-16(21-20-15)22(2)3/h4-6,11-12,14,23H,7-9H2,1-3H3,(H,17,18)(H,19,20,21)/t11-,12+,14+/m0/s1. The summed E-state index contributed by atoms with van der Waals surface area (Å²) in [5.41, 5.74) is 2.03. The maximum atomic E-state index is 10.3. The molecule has 0 radical (unpaired) electrons. The fourth-order valence-corrected chi connectivity index (χ4v) is 3.10. The Balaban J connectivity index is 1.59. The molecule has 0 amide bonds. The molecule has 1 fully saturated rings. The lowest BCUT2D eigenvalue weighted by Gasteiger charge is -2.16. The fraction of sp³-hybridized carbons (Fsp3) is 0.562. The van der Waals surface area contributed by atoms with E-state index in [-0.39, 0.29) is 17.9 Å². The number of aliphatic hydroxyl groups is 1. The zero-order chi connectivity index (χ0) is 16.4. The Labute approximate surface area is 136 Å². The number of pyridine rings is 1. The Bertz CT molecular complexity index is 656. The van der Waals surface area contributed by atoms with Crippen molar-refractivity contribution in [3.8, 4) is 0 Å². The van der Waals surface area contributed by atoms with Crippen molar-refractivity contribution < 1.29 is 5.11 Å². The van der Waals surface area contributed by atoms with Crippen molar-refractivity contribution in [3.63, 3.8) is 0 Å². The van der Waals surface area contributed by atoms with E-state index in [0.717, 1.165) is 36.6 Å². The number of nitrogens with zero attached hydrogens (tertiary/aromatic N) is 4. The normalized spacial score (nSPS) is 23.9. The molecule has 2 aromatic rings. The van der Waals surface area contributed by atoms with Gasteiger partial charge in [0.15, 0.2) is 0 Å². The molecule has 0 unspecified atom stereocenters. The molecule has 0 bridgehead atoms. The number of aryl methyl sites for hydroxylation is 1. The molecule has 3 atom stereocenters. The van der Waals surface area contributed by atoms with Crippen LogP contribution in [0.2, 0.25) is 0 Å². The van der Waals surface area contributed by atoms with Crippen LogP contribution in [-0.2, 0) is 0 Å². The van der Waals surface area contributed by atoms with E-state index in [1.165, 1.54) is 0 Å². The average molecular weight is 316 g/mol. The van der Waals surface area contributed by atoms with Crippen LogP contribution in [0.25, 0.3) is 0 Å². The first-order valence-corrected chi connectivity index (χ1v) is 7.97. The number of H-pyrrole nitrogens is 1. The molecule has 1 saturated carbocycles. The van der Waals surface area contributed by atoms with Crippen LogP contribution in [0.5, 0.6) is 0 Å². The quantitative estimate of drug-likeness (QED) is 0.775. The summed E-state index contributed by atoms with van der Waals surface area (Å²) >= 11 is 0. The molecule has 0 saturated heterocycles. The van der Waals surface area contributed by atoms with E-state index in [0.29, 0.717) is 5.95 Å². The summed E-state index contributed by atoms with van der Waals surface area (Å²) < 4.78 is 0. The average Bonchev–Trinajstić information content (AvgIpc) is 3.12. The second-order valence-corrected chi connectivity index (χ2v) is 6.48. The van der Waals surface area contributed by atoms with Crippen molar-refractivity contribution in [1.29, 1.82) is 0 Å². The molecule has 7 heteroatoms. The summed E-state index contributed by atoms with van der Waals surface area (Å²) in [6.45, 7) is 2.72. The highest BCUT2D eigenvalue weighted by Gasteiger charge is 2.35. The highest BCUT2D eigenvalue weighted by atomic mass is 16.3. The molecule has 124 valence electrons. The molecule has 3 rings (SSSR count). The smallest absolute Gasteiger partial charge is 0.244 e. The highest BCUT2D eigenvalue weighted by molar-refractivity contribution is 5.43. The molecule has 1 aliphatic rings. The van der Waals surface area contributed by atoms with E-state index < -0.39 is 0 Å². The van der Waals surface area contributed by atoms with Crippen LogP contribution < -0.4 is 10.2 Å². The van der Waals surface area contributed by atoms with Crippen LogP contribution in [0.3, 0.4) is 0 Å².